The number of ether oxygens (including phenoxy) is 2. The summed E-state index contributed by atoms with van der Waals surface area (Å²) in [6.45, 7) is -0.997. The first-order valence-electron chi connectivity index (χ1n) is 11.1. The van der Waals surface area contributed by atoms with Crippen molar-refractivity contribution in [2.24, 2.45) is 0 Å². The zero-order valence-electron chi connectivity index (χ0n) is 20.0. The Morgan fingerprint density at radius 2 is 1.32 bits per heavy atom. The number of imide groups is 1. The van der Waals surface area contributed by atoms with E-state index in [1.54, 1.807) is 42.5 Å². The first-order valence-corrected chi connectivity index (χ1v) is 14.1. The van der Waals surface area contributed by atoms with Crippen LogP contribution in [0.15, 0.2) is 77.7 Å². The Labute approximate surface area is 215 Å². The Hall–Kier alpha value is -3.74. The van der Waals surface area contributed by atoms with Crippen molar-refractivity contribution in [2.45, 2.75) is 11.4 Å². The molecule has 1 aliphatic rings. The van der Waals surface area contributed by atoms with E-state index in [4.69, 9.17) is 9.47 Å². The second-order valence-electron chi connectivity index (χ2n) is 8.06. The van der Waals surface area contributed by atoms with E-state index in [0.29, 0.717) is 9.27 Å². The molecule has 1 heterocycles. The summed E-state index contributed by atoms with van der Waals surface area (Å²) in [5.41, 5.74) is 0.767. The molecular weight excluding hydrogens is 520 g/mol. The standard InChI is InChI=1S/C25H24N2O8S2/c1-34-22-13-12-19(16-23(22)35-2)37(32,33)27(17-18-8-4-3-5-9-18)36(30,31)15-14-26-24(28)20-10-6-7-11-21(20)25(26)29/h3-13,16H,14-15,17H2,1-2H3. The fourth-order valence-electron chi connectivity index (χ4n) is 3.91. The van der Waals surface area contributed by atoms with Crippen LogP contribution < -0.4 is 9.47 Å². The predicted octanol–water partition coefficient (Wildman–Crippen LogP) is 2.52. The molecule has 0 spiro atoms. The average Bonchev–Trinajstić information content (AvgIpc) is 3.15. The van der Waals surface area contributed by atoms with Crippen LogP contribution >= 0.6 is 0 Å². The molecule has 12 heteroatoms. The van der Waals surface area contributed by atoms with Gasteiger partial charge in [-0.2, -0.15) is 0 Å². The van der Waals surface area contributed by atoms with Crippen molar-refractivity contribution in [1.29, 1.82) is 0 Å². The number of methoxy groups -OCH3 is 2. The van der Waals surface area contributed by atoms with Gasteiger partial charge in [-0.05, 0) is 29.8 Å². The highest BCUT2D eigenvalue weighted by molar-refractivity contribution is 8.04. The van der Waals surface area contributed by atoms with Crippen LogP contribution in [0.25, 0.3) is 0 Å². The molecule has 0 radical (unpaired) electrons. The molecule has 0 aromatic heterocycles. The highest BCUT2D eigenvalue weighted by atomic mass is 32.3. The molecule has 0 atom stereocenters. The van der Waals surface area contributed by atoms with Gasteiger partial charge in [-0.1, -0.05) is 46.2 Å². The maximum absolute atomic E-state index is 13.7. The first-order chi connectivity index (χ1) is 17.6. The summed E-state index contributed by atoms with van der Waals surface area (Å²) in [6, 6.07) is 18.1. The number of sulfonamides is 2. The van der Waals surface area contributed by atoms with Gasteiger partial charge in [0.05, 0.1) is 42.5 Å². The van der Waals surface area contributed by atoms with E-state index >= 15 is 0 Å². The molecule has 3 aromatic rings. The van der Waals surface area contributed by atoms with Crippen LogP contribution in [-0.4, -0.2) is 63.8 Å². The second-order valence-corrected chi connectivity index (χ2v) is 12.2. The van der Waals surface area contributed by atoms with Gasteiger partial charge in [0.2, 0.25) is 10.0 Å². The molecule has 4 rings (SSSR count). The zero-order valence-corrected chi connectivity index (χ0v) is 21.7. The number of carbonyl (C=O) groups is 2. The van der Waals surface area contributed by atoms with E-state index in [1.165, 1.54) is 44.6 Å². The largest absolute Gasteiger partial charge is 0.493 e. The minimum absolute atomic E-state index is 0.103. The van der Waals surface area contributed by atoms with Crippen molar-refractivity contribution in [3.05, 3.63) is 89.5 Å². The summed E-state index contributed by atoms with van der Waals surface area (Å²) in [5, 5.41) is 0. The molecule has 10 nitrogen and oxygen atoms in total. The lowest BCUT2D eigenvalue weighted by molar-refractivity contribution is 0.0664. The number of hydrogen-bond donors (Lipinski definition) is 0. The quantitative estimate of drug-likeness (QED) is 0.356. The third-order valence-electron chi connectivity index (χ3n) is 5.84. The first kappa shape index (κ1) is 26.3. The third kappa shape index (κ3) is 5.08. The van der Waals surface area contributed by atoms with Crippen LogP contribution in [0.2, 0.25) is 0 Å². The van der Waals surface area contributed by atoms with Crippen molar-refractivity contribution in [1.82, 2.24) is 8.61 Å². The van der Waals surface area contributed by atoms with Gasteiger partial charge in [0.15, 0.2) is 11.5 Å². The topological polar surface area (TPSA) is 127 Å². The van der Waals surface area contributed by atoms with Gasteiger partial charge >= 0.3 is 0 Å². The normalized spacial score (nSPS) is 13.6. The van der Waals surface area contributed by atoms with Crippen molar-refractivity contribution < 1.29 is 35.9 Å². The number of amides is 2. The molecule has 194 valence electrons. The lowest BCUT2D eigenvalue weighted by Gasteiger charge is -2.24. The highest BCUT2D eigenvalue weighted by Gasteiger charge is 2.39. The molecule has 3 aromatic carbocycles. The number of nitrogens with zero attached hydrogens (tertiary/aromatic N) is 2. The van der Waals surface area contributed by atoms with Crippen LogP contribution in [0.4, 0.5) is 0 Å². The Balaban J connectivity index is 1.68. The number of benzene rings is 3. The maximum Gasteiger partial charge on any atom is 0.261 e. The highest BCUT2D eigenvalue weighted by Crippen LogP contribution is 2.32. The summed E-state index contributed by atoms with van der Waals surface area (Å²) in [6.07, 6.45) is 0. The number of fused-ring (bicyclic) bond motifs is 1. The summed E-state index contributed by atoms with van der Waals surface area (Å²) < 4.78 is 65.1. The molecule has 0 fully saturated rings. The van der Waals surface area contributed by atoms with Gasteiger partial charge in [0, 0.05) is 12.6 Å². The number of rotatable bonds is 10. The van der Waals surface area contributed by atoms with E-state index in [1.807, 2.05) is 0 Å². The Bertz CT molecular complexity index is 1520. The van der Waals surface area contributed by atoms with Gasteiger partial charge in [0.1, 0.15) is 0 Å². The molecule has 2 amide bonds. The van der Waals surface area contributed by atoms with E-state index < -0.39 is 50.7 Å². The van der Waals surface area contributed by atoms with Gasteiger partial charge in [-0.15, -0.1) is 0 Å². The molecular formula is C25H24N2O8S2. The number of carbonyl (C=O) groups excluding carboxylic acids is 2. The molecule has 1 aliphatic heterocycles. The molecule has 37 heavy (non-hydrogen) atoms. The Morgan fingerprint density at radius 1 is 0.757 bits per heavy atom. The monoisotopic (exact) mass is 544 g/mol. The van der Waals surface area contributed by atoms with Crippen LogP contribution in [-0.2, 0) is 26.6 Å². The van der Waals surface area contributed by atoms with Crippen molar-refractivity contribution in [3.63, 3.8) is 0 Å². The van der Waals surface area contributed by atoms with Crippen LogP contribution in [0, 0.1) is 0 Å². The minimum atomic E-state index is -4.62. The van der Waals surface area contributed by atoms with Gasteiger partial charge in [-0.3, -0.25) is 14.5 Å². The Morgan fingerprint density at radius 3 is 1.89 bits per heavy atom. The molecule has 0 bridgehead atoms. The number of hydrogen-bond acceptors (Lipinski definition) is 8. The van der Waals surface area contributed by atoms with Gasteiger partial charge in [0.25, 0.3) is 21.8 Å². The Kier molecular flexibility index (Phi) is 7.35. The SMILES string of the molecule is COc1ccc(S(=O)(=O)N(Cc2ccccc2)S(=O)(=O)CCN2C(=O)c3ccccc3C2=O)cc1OC. The predicted molar refractivity (Wildman–Crippen MR) is 134 cm³/mol. The van der Waals surface area contributed by atoms with E-state index in [9.17, 15) is 26.4 Å². The van der Waals surface area contributed by atoms with E-state index in [0.717, 1.165) is 4.90 Å². The smallest absolute Gasteiger partial charge is 0.261 e. The summed E-state index contributed by atoms with van der Waals surface area (Å²) in [4.78, 5) is 25.9. The lowest BCUT2D eigenvalue weighted by atomic mass is 10.1. The second kappa shape index (κ2) is 10.3. The minimum Gasteiger partial charge on any atom is -0.493 e. The molecule has 0 saturated carbocycles. The van der Waals surface area contributed by atoms with Gasteiger partial charge < -0.3 is 9.47 Å². The van der Waals surface area contributed by atoms with Crippen LogP contribution in [0.3, 0.4) is 0 Å². The van der Waals surface area contributed by atoms with Crippen molar-refractivity contribution in [3.8, 4) is 11.5 Å². The molecule has 0 N–H and O–H groups in total. The van der Waals surface area contributed by atoms with Crippen molar-refractivity contribution in [2.75, 3.05) is 26.5 Å². The summed E-state index contributed by atoms with van der Waals surface area (Å²) in [5.74, 6) is -1.69. The van der Waals surface area contributed by atoms with E-state index in [2.05, 4.69) is 0 Å². The van der Waals surface area contributed by atoms with Crippen LogP contribution in [0.1, 0.15) is 26.3 Å². The average molecular weight is 545 g/mol. The molecule has 0 unspecified atom stereocenters. The summed E-state index contributed by atoms with van der Waals surface area (Å²) in [7, 11) is -6.46. The zero-order chi connectivity index (χ0) is 26.8. The van der Waals surface area contributed by atoms with Crippen molar-refractivity contribution >= 4 is 31.9 Å². The van der Waals surface area contributed by atoms with Gasteiger partial charge in [-0.25, -0.2) is 16.8 Å². The summed E-state index contributed by atoms with van der Waals surface area (Å²) >= 11 is 0. The van der Waals surface area contributed by atoms with Crippen LogP contribution in [0.5, 0.6) is 11.5 Å². The fourth-order valence-corrected chi connectivity index (χ4v) is 7.60. The molecule has 0 saturated heterocycles. The van der Waals surface area contributed by atoms with E-state index in [-0.39, 0.29) is 27.5 Å². The fraction of sp³-hybridized carbons (Fsp3) is 0.200. The lowest BCUT2D eigenvalue weighted by Crippen LogP contribution is -2.42. The maximum atomic E-state index is 13.7. The third-order valence-corrected chi connectivity index (χ3v) is 10.1. The molecule has 0 aliphatic carbocycles.